The molecule has 12 heteroatoms. The number of aromatic nitrogens is 3. The number of fused-ring (bicyclic) bond motifs is 2. The van der Waals surface area contributed by atoms with E-state index in [-0.39, 0.29) is 47.7 Å². The lowest BCUT2D eigenvalue weighted by Crippen LogP contribution is -2.46. The number of carboxylic acids is 1. The smallest absolute Gasteiger partial charge is 0.477 e. The molecule has 2 bridgehead atoms. The third-order valence-corrected chi connectivity index (χ3v) is 8.47. The van der Waals surface area contributed by atoms with Crippen molar-refractivity contribution in [3.63, 3.8) is 0 Å². The Labute approximate surface area is 233 Å². The number of benzene rings is 1. The predicted octanol–water partition coefficient (Wildman–Crippen LogP) is 6.20. The lowest BCUT2D eigenvalue weighted by molar-refractivity contribution is -0.274. The summed E-state index contributed by atoms with van der Waals surface area (Å²) in [6.07, 6.45) is 2.24. The topological polar surface area (TPSA) is 111 Å². The fourth-order valence-corrected chi connectivity index (χ4v) is 6.27. The van der Waals surface area contributed by atoms with Crippen LogP contribution in [0.5, 0.6) is 5.75 Å². The highest BCUT2D eigenvalue weighted by Crippen LogP contribution is 2.47. The fourth-order valence-electron chi connectivity index (χ4n) is 6.27. The summed E-state index contributed by atoms with van der Waals surface area (Å²) in [5.74, 6) is 0.239. The normalized spacial score (nSPS) is 24.1. The lowest BCUT2D eigenvalue weighted by atomic mass is 9.99. The Morgan fingerprint density at radius 1 is 1.02 bits per heavy atom. The highest BCUT2D eigenvalue weighted by atomic mass is 19.4. The van der Waals surface area contributed by atoms with Crippen molar-refractivity contribution in [3.8, 4) is 17.0 Å². The van der Waals surface area contributed by atoms with Crippen LogP contribution in [0.2, 0.25) is 0 Å². The van der Waals surface area contributed by atoms with Crippen molar-refractivity contribution in [1.82, 2.24) is 15.1 Å². The fraction of sp³-hybridized carbons (Fsp3) is 0.517. The SMILES string of the molecule is O=C(O)c1cc(C2CC2)nc(N2C3CCC2CC(OCc2c(-c4ccccc4OC(F)(F)F)noc2C2CC2)C3)n1. The van der Waals surface area contributed by atoms with Crippen LogP contribution in [0.15, 0.2) is 34.9 Å². The molecule has 0 spiro atoms. The summed E-state index contributed by atoms with van der Waals surface area (Å²) >= 11 is 0. The molecule has 41 heavy (non-hydrogen) atoms. The van der Waals surface area contributed by atoms with Gasteiger partial charge in [0.1, 0.15) is 17.2 Å². The number of hydrogen-bond donors (Lipinski definition) is 1. The Hall–Kier alpha value is -3.67. The zero-order valence-electron chi connectivity index (χ0n) is 22.1. The largest absolute Gasteiger partial charge is 0.573 e. The summed E-state index contributed by atoms with van der Waals surface area (Å²) in [4.78, 5) is 23.1. The second-order valence-electron chi connectivity index (χ2n) is 11.4. The number of para-hydroxylation sites is 1. The molecule has 2 saturated carbocycles. The van der Waals surface area contributed by atoms with Crippen molar-refractivity contribution in [2.24, 2.45) is 0 Å². The van der Waals surface area contributed by atoms with Gasteiger partial charge in [-0.3, -0.25) is 0 Å². The van der Waals surface area contributed by atoms with Gasteiger partial charge in [0.25, 0.3) is 0 Å². The number of alkyl halides is 3. The standard InChI is InChI=1S/C29H29F3N4O5/c30-29(31,32)40-24-4-2-1-3-20(24)25-21(26(41-35-25)16-7-8-16)14-39-19-11-17-9-10-18(12-19)36(17)28-33-22(15-5-6-15)13-23(34-28)27(37)38/h1-4,13,15-19H,5-12,14H2,(H,37,38). The molecule has 2 unspecified atom stereocenters. The monoisotopic (exact) mass is 570 g/mol. The van der Waals surface area contributed by atoms with Crippen molar-refractivity contribution in [2.45, 2.75) is 94.4 Å². The molecule has 2 aromatic heterocycles. The number of carboxylic acid groups (broad SMARTS) is 1. The van der Waals surface area contributed by atoms with Gasteiger partial charge >= 0.3 is 12.3 Å². The van der Waals surface area contributed by atoms with E-state index in [1.807, 2.05) is 0 Å². The van der Waals surface area contributed by atoms with E-state index in [2.05, 4.69) is 19.8 Å². The molecule has 2 atom stereocenters. The number of aromatic carboxylic acids is 1. The Bertz CT molecular complexity index is 1450. The average molecular weight is 571 g/mol. The summed E-state index contributed by atoms with van der Waals surface area (Å²) in [7, 11) is 0. The Balaban J connectivity index is 1.10. The number of anilines is 1. The molecular weight excluding hydrogens is 541 g/mol. The van der Waals surface area contributed by atoms with E-state index in [1.165, 1.54) is 12.1 Å². The van der Waals surface area contributed by atoms with Crippen molar-refractivity contribution in [3.05, 3.63) is 53.0 Å². The molecule has 1 aromatic carbocycles. The first-order valence-electron chi connectivity index (χ1n) is 14.1. The quantitative estimate of drug-likeness (QED) is 0.321. The maximum Gasteiger partial charge on any atom is 0.573 e. The Morgan fingerprint density at radius 2 is 1.73 bits per heavy atom. The number of hydrogen-bond acceptors (Lipinski definition) is 8. The lowest BCUT2D eigenvalue weighted by Gasteiger charge is -2.39. The summed E-state index contributed by atoms with van der Waals surface area (Å²) in [6.45, 7) is 0.159. The molecule has 2 aliphatic heterocycles. The van der Waals surface area contributed by atoms with Gasteiger partial charge in [0.15, 0.2) is 5.69 Å². The highest BCUT2D eigenvalue weighted by Gasteiger charge is 2.44. The van der Waals surface area contributed by atoms with Crippen LogP contribution in [0.3, 0.4) is 0 Å². The van der Waals surface area contributed by atoms with Gasteiger partial charge in [-0.2, -0.15) is 0 Å². The molecule has 1 N–H and O–H groups in total. The van der Waals surface area contributed by atoms with Crippen LogP contribution in [0.1, 0.15) is 90.7 Å². The van der Waals surface area contributed by atoms with Crippen LogP contribution in [0.4, 0.5) is 19.1 Å². The minimum atomic E-state index is -4.84. The number of halogens is 3. The van der Waals surface area contributed by atoms with E-state index in [0.29, 0.717) is 41.7 Å². The highest BCUT2D eigenvalue weighted by molar-refractivity contribution is 5.85. The van der Waals surface area contributed by atoms with Crippen molar-refractivity contribution >= 4 is 11.9 Å². The van der Waals surface area contributed by atoms with Gasteiger partial charge in [-0.1, -0.05) is 17.3 Å². The maximum absolute atomic E-state index is 13.1. The zero-order valence-corrected chi connectivity index (χ0v) is 22.1. The van der Waals surface area contributed by atoms with Crippen LogP contribution >= 0.6 is 0 Å². The molecule has 2 saturated heterocycles. The van der Waals surface area contributed by atoms with Crippen molar-refractivity contribution < 1.29 is 37.1 Å². The first-order valence-corrected chi connectivity index (χ1v) is 14.1. The molecule has 0 radical (unpaired) electrons. The average Bonchev–Trinajstić information content (AvgIpc) is 3.87. The summed E-state index contributed by atoms with van der Waals surface area (Å²) in [5, 5.41) is 13.8. The van der Waals surface area contributed by atoms with Gasteiger partial charge in [0.2, 0.25) is 5.95 Å². The first kappa shape index (κ1) is 26.2. The van der Waals surface area contributed by atoms with E-state index < -0.39 is 12.3 Å². The van der Waals surface area contributed by atoms with Gasteiger partial charge in [0.05, 0.1) is 12.7 Å². The third-order valence-electron chi connectivity index (χ3n) is 8.47. The van der Waals surface area contributed by atoms with Gasteiger partial charge < -0.3 is 24.0 Å². The number of ether oxygens (including phenoxy) is 2. The molecular formula is C29H29F3N4O5. The molecule has 4 heterocycles. The summed E-state index contributed by atoms with van der Waals surface area (Å²) in [5.41, 5.74) is 1.99. The van der Waals surface area contributed by atoms with E-state index in [1.54, 1.807) is 18.2 Å². The second kappa shape index (κ2) is 10.0. The third kappa shape index (κ3) is 5.37. The molecule has 3 aromatic rings. The first-order chi connectivity index (χ1) is 19.7. The zero-order chi connectivity index (χ0) is 28.3. The molecule has 7 rings (SSSR count). The molecule has 0 amide bonds. The van der Waals surface area contributed by atoms with Crippen LogP contribution in [-0.4, -0.2) is 50.8 Å². The molecule has 2 aliphatic carbocycles. The van der Waals surface area contributed by atoms with E-state index >= 15 is 0 Å². The summed E-state index contributed by atoms with van der Waals surface area (Å²) < 4.78 is 55.7. The Morgan fingerprint density at radius 3 is 2.39 bits per heavy atom. The van der Waals surface area contributed by atoms with E-state index in [4.69, 9.17) is 14.2 Å². The van der Waals surface area contributed by atoms with Crippen LogP contribution in [-0.2, 0) is 11.3 Å². The van der Waals surface area contributed by atoms with Gasteiger partial charge in [-0.25, -0.2) is 14.8 Å². The van der Waals surface area contributed by atoms with Gasteiger partial charge in [0, 0.05) is 40.7 Å². The second-order valence-corrected chi connectivity index (χ2v) is 11.4. The van der Waals surface area contributed by atoms with Gasteiger partial charge in [-0.15, -0.1) is 13.2 Å². The van der Waals surface area contributed by atoms with E-state index in [0.717, 1.165) is 44.2 Å². The molecule has 4 aliphatic rings. The van der Waals surface area contributed by atoms with Crippen LogP contribution < -0.4 is 9.64 Å². The van der Waals surface area contributed by atoms with Gasteiger partial charge in [-0.05, 0) is 69.6 Å². The molecule has 4 fully saturated rings. The molecule has 9 nitrogen and oxygen atoms in total. The number of rotatable bonds is 9. The maximum atomic E-state index is 13.1. The summed E-state index contributed by atoms with van der Waals surface area (Å²) in [6, 6.07) is 7.74. The predicted molar refractivity (Wildman–Crippen MR) is 139 cm³/mol. The van der Waals surface area contributed by atoms with Crippen molar-refractivity contribution in [1.29, 1.82) is 0 Å². The minimum absolute atomic E-state index is 0.0250. The molecule has 216 valence electrons. The van der Waals surface area contributed by atoms with Crippen molar-refractivity contribution in [2.75, 3.05) is 4.90 Å². The number of carbonyl (C=O) groups is 1. The van der Waals surface area contributed by atoms with Crippen LogP contribution in [0, 0.1) is 0 Å². The van der Waals surface area contributed by atoms with Crippen LogP contribution in [0.25, 0.3) is 11.3 Å². The number of piperidine rings is 1. The Kier molecular flexibility index (Phi) is 6.40. The minimum Gasteiger partial charge on any atom is -0.477 e. The number of nitrogens with zero attached hydrogens (tertiary/aromatic N) is 4. The van der Waals surface area contributed by atoms with E-state index in [9.17, 15) is 23.1 Å².